The van der Waals surface area contributed by atoms with Gasteiger partial charge >= 0.3 is 0 Å². The average Bonchev–Trinajstić information content (AvgIpc) is 2.34. The van der Waals surface area contributed by atoms with Gasteiger partial charge in [-0.05, 0) is 17.7 Å². The first-order valence-corrected chi connectivity index (χ1v) is 5.97. The first-order valence-electron chi connectivity index (χ1n) is 5.97. The molecule has 1 aliphatic heterocycles. The Morgan fingerprint density at radius 1 is 1.39 bits per heavy atom. The summed E-state index contributed by atoms with van der Waals surface area (Å²) in [6, 6.07) is 3.98. The quantitative estimate of drug-likeness (QED) is 0.650. The fourth-order valence-electron chi connectivity index (χ4n) is 2.29. The van der Waals surface area contributed by atoms with Gasteiger partial charge in [-0.3, -0.25) is 4.90 Å². The van der Waals surface area contributed by atoms with Crippen LogP contribution in [0.2, 0.25) is 0 Å². The van der Waals surface area contributed by atoms with Gasteiger partial charge in [0, 0.05) is 32.0 Å². The molecular formula is C13H16F2N2O. The Balaban J connectivity index is 2.00. The molecule has 1 N–H and O–H groups in total. The lowest BCUT2D eigenvalue weighted by Crippen LogP contribution is -2.39. The first-order chi connectivity index (χ1) is 8.60. The van der Waals surface area contributed by atoms with Gasteiger partial charge < -0.3 is 5.21 Å². The smallest absolute Gasteiger partial charge is 0.159 e. The zero-order chi connectivity index (χ0) is 13.1. The van der Waals surface area contributed by atoms with E-state index in [4.69, 9.17) is 5.21 Å². The van der Waals surface area contributed by atoms with Crippen LogP contribution < -0.4 is 0 Å². The molecule has 2 rings (SSSR count). The van der Waals surface area contributed by atoms with Gasteiger partial charge in [0.05, 0.1) is 5.71 Å². The van der Waals surface area contributed by atoms with Crippen LogP contribution >= 0.6 is 0 Å². The minimum absolute atomic E-state index is 0.189. The van der Waals surface area contributed by atoms with E-state index in [1.807, 2.05) is 6.92 Å². The number of hydrogen-bond acceptors (Lipinski definition) is 3. The van der Waals surface area contributed by atoms with Gasteiger partial charge in [0.25, 0.3) is 0 Å². The van der Waals surface area contributed by atoms with Crippen LogP contribution in [0.1, 0.15) is 18.9 Å². The number of benzene rings is 1. The molecule has 1 saturated heterocycles. The molecule has 1 aromatic rings. The van der Waals surface area contributed by atoms with E-state index in [9.17, 15) is 8.78 Å². The van der Waals surface area contributed by atoms with E-state index in [2.05, 4.69) is 10.1 Å². The molecule has 0 bridgehead atoms. The molecule has 0 aliphatic carbocycles. The van der Waals surface area contributed by atoms with Crippen LogP contribution in [0.25, 0.3) is 0 Å². The maximum Gasteiger partial charge on any atom is 0.159 e. The van der Waals surface area contributed by atoms with Gasteiger partial charge in [-0.25, -0.2) is 8.78 Å². The van der Waals surface area contributed by atoms with E-state index in [1.165, 1.54) is 6.07 Å². The highest BCUT2D eigenvalue weighted by Gasteiger charge is 2.22. The molecule has 98 valence electrons. The molecule has 0 amide bonds. The second-order valence-electron chi connectivity index (χ2n) is 4.73. The summed E-state index contributed by atoms with van der Waals surface area (Å²) < 4.78 is 25.9. The van der Waals surface area contributed by atoms with E-state index in [0.29, 0.717) is 13.0 Å². The molecule has 3 nitrogen and oxygen atoms in total. The molecular weight excluding hydrogens is 238 g/mol. The second-order valence-corrected chi connectivity index (χ2v) is 4.73. The predicted octanol–water partition coefficient (Wildman–Crippen LogP) is 2.64. The van der Waals surface area contributed by atoms with Gasteiger partial charge in [-0.15, -0.1) is 0 Å². The zero-order valence-corrected chi connectivity index (χ0v) is 10.2. The minimum Gasteiger partial charge on any atom is -0.411 e. The Bertz CT molecular complexity index is 462. The number of nitrogens with zero attached hydrogens (tertiary/aromatic N) is 2. The number of oxime groups is 1. The van der Waals surface area contributed by atoms with Gasteiger partial charge in [0.15, 0.2) is 11.6 Å². The molecule has 1 heterocycles. The van der Waals surface area contributed by atoms with Gasteiger partial charge in [-0.2, -0.15) is 0 Å². The van der Waals surface area contributed by atoms with E-state index in [-0.39, 0.29) is 5.92 Å². The van der Waals surface area contributed by atoms with E-state index < -0.39 is 11.6 Å². The number of likely N-dealkylation sites (tertiary alicyclic amines) is 1. The SMILES string of the molecule is CC1CN(Cc2ccc(F)c(F)c2)CC/C1=N\O. The average molecular weight is 254 g/mol. The van der Waals surface area contributed by atoms with Crippen molar-refractivity contribution in [1.29, 1.82) is 0 Å². The van der Waals surface area contributed by atoms with Crippen molar-refractivity contribution in [2.24, 2.45) is 11.1 Å². The molecule has 1 aromatic carbocycles. The van der Waals surface area contributed by atoms with E-state index >= 15 is 0 Å². The van der Waals surface area contributed by atoms with Crippen molar-refractivity contribution in [3.05, 3.63) is 35.4 Å². The first kappa shape index (κ1) is 13.0. The lowest BCUT2D eigenvalue weighted by molar-refractivity contribution is 0.228. The molecule has 0 saturated carbocycles. The Morgan fingerprint density at radius 3 is 2.78 bits per heavy atom. The molecule has 18 heavy (non-hydrogen) atoms. The standard InChI is InChI=1S/C13H16F2N2O/c1-9-7-17(5-4-13(9)16-18)8-10-2-3-11(14)12(15)6-10/h2-3,6,9,18H,4-5,7-8H2,1H3/b16-13+. The third-order valence-electron chi connectivity index (χ3n) is 3.30. The van der Waals surface area contributed by atoms with Crippen LogP contribution in [0.4, 0.5) is 8.78 Å². The van der Waals surface area contributed by atoms with Crippen molar-refractivity contribution in [2.45, 2.75) is 19.9 Å². The van der Waals surface area contributed by atoms with Gasteiger partial charge in [-0.1, -0.05) is 18.1 Å². The van der Waals surface area contributed by atoms with Crippen molar-refractivity contribution >= 4 is 5.71 Å². The third-order valence-corrected chi connectivity index (χ3v) is 3.30. The Hall–Kier alpha value is -1.49. The normalized spacial score (nSPS) is 23.5. The van der Waals surface area contributed by atoms with E-state index in [1.54, 1.807) is 6.07 Å². The van der Waals surface area contributed by atoms with Gasteiger partial charge in [0.2, 0.25) is 0 Å². The summed E-state index contributed by atoms with van der Waals surface area (Å²) in [5.74, 6) is -1.44. The monoisotopic (exact) mass is 254 g/mol. The second kappa shape index (κ2) is 5.44. The fourth-order valence-corrected chi connectivity index (χ4v) is 2.29. The number of halogens is 2. The highest BCUT2D eigenvalue weighted by molar-refractivity contribution is 5.86. The van der Waals surface area contributed by atoms with Gasteiger partial charge in [0.1, 0.15) is 0 Å². The highest BCUT2D eigenvalue weighted by atomic mass is 19.2. The van der Waals surface area contributed by atoms with E-state index in [0.717, 1.165) is 30.4 Å². The largest absolute Gasteiger partial charge is 0.411 e. The summed E-state index contributed by atoms with van der Waals surface area (Å²) >= 11 is 0. The predicted molar refractivity (Wildman–Crippen MR) is 64.6 cm³/mol. The molecule has 1 unspecified atom stereocenters. The van der Waals surface area contributed by atoms with Crippen molar-refractivity contribution in [1.82, 2.24) is 4.90 Å². The maximum absolute atomic E-state index is 13.1. The Labute approximate surface area is 105 Å². The van der Waals surface area contributed by atoms with Crippen LogP contribution in [0, 0.1) is 17.6 Å². The van der Waals surface area contributed by atoms with Crippen molar-refractivity contribution in [3.63, 3.8) is 0 Å². The molecule has 0 radical (unpaired) electrons. The van der Waals surface area contributed by atoms with Crippen LogP contribution in [0.15, 0.2) is 23.4 Å². The fraction of sp³-hybridized carbons (Fsp3) is 0.462. The van der Waals surface area contributed by atoms with Crippen LogP contribution in [0.5, 0.6) is 0 Å². The highest BCUT2D eigenvalue weighted by Crippen LogP contribution is 2.17. The summed E-state index contributed by atoms with van der Waals surface area (Å²) in [4.78, 5) is 2.14. The minimum atomic E-state index is -0.819. The number of piperidine rings is 1. The Morgan fingerprint density at radius 2 is 2.17 bits per heavy atom. The van der Waals surface area contributed by atoms with Crippen molar-refractivity contribution in [3.8, 4) is 0 Å². The summed E-state index contributed by atoms with van der Waals surface area (Å²) in [5, 5.41) is 12.1. The molecule has 5 heteroatoms. The lowest BCUT2D eigenvalue weighted by Gasteiger charge is -2.31. The molecule has 0 spiro atoms. The summed E-state index contributed by atoms with van der Waals surface area (Å²) in [7, 11) is 0. The molecule has 1 atom stereocenters. The topological polar surface area (TPSA) is 35.8 Å². The van der Waals surface area contributed by atoms with Crippen molar-refractivity contribution in [2.75, 3.05) is 13.1 Å². The van der Waals surface area contributed by atoms with Crippen LogP contribution in [0.3, 0.4) is 0 Å². The third kappa shape index (κ3) is 2.85. The summed E-state index contributed by atoms with van der Waals surface area (Å²) in [5.41, 5.74) is 1.56. The number of hydrogen-bond donors (Lipinski definition) is 1. The number of rotatable bonds is 2. The lowest BCUT2D eigenvalue weighted by atomic mass is 9.97. The molecule has 1 aliphatic rings. The Kier molecular flexibility index (Phi) is 3.91. The molecule has 0 aromatic heterocycles. The van der Waals surface area contributed by atoms with Crippen LogP contribution in [-0.2, 0) is 6.54 Å². The maximum atomic E-state index is 13.1. The molecule has 1 fully saturated rings. The summed E-state index contributed by atoms with van der Waals surface area (Å²) in [6.07, 6.45) is 0.710. The van der Waals surface area contributed by atoms with Crippen molar-refractivity contribution < 1.29 is 14.0 Å². The zero-order valence-electron chi connectivity index (χ0n) is 10.2. The summed E-state index contributed by atoms with van der Waals surface area (Å²) in [6.45, 7) is 4.10. The van der Waals surface area contributed by atoms with Crippen LogP contribution in [-0.4, -0.2) is 28.9 Å².